The lowest BCUT2D eigenvalue weighted by molar-refractivity contribution is -0.116. The van der Waals surface area contributed by atoms with Gasteiger partial charge in [0, 0.05) is 28.5 Å². The number of halogens is 1. The summed E-state index contributed by atoms with van der Waals surface area (Å²) in [5, 5.41) is 3.49. The Kier molecular flexibility index (Phi) is 7.26. The second-order valence-corrected chi connectivity index (χ2v) is 8.27. The van der Waals surface area contributed by atoms with Gasteiger partial charge in [0.25, 0.3) is 0 Å². The molecular weight excluding hydrogens is 484 g/mol. The van der Waals surface area contributed by atoms with E-state index in [0.29, 0.717) is 39.0 Å². The van der Waals surface area contributed by atoms with Gasteiger partial charge in [-0.2, -0.15) is 0 Å². The highest BCUT2D eigenvalue weighted by atomic mass is 35.5. The smallest absolute Gasteiger partial charge is 0.244 e. The van der Waals surface area contributed by atoms with Gasteiger partial charge in [-0.3, -0.25) is 14.4 Å². The number of carbonyl (C=O) groups excluding carboxylic acids is 2. The minimum absolute atomic E-state index is 0.0886. The minimum Gasteiger partial charge on any atom is -0.497 e. The molecule has 184 valence electrons. The van der Waals surface area contributed by atoms with Crippen LogP contribution in [0.4, 0.5) is 5.69 Å². The molecule has 3 aromatic carbocycles. The molecule has 0 unspecified atom stereocenters. The SMILES string of the molecule is COc1ccc(NC(=O)Cn2cc(C(=O)c3ccc(Cl)cc3)c(=O)c3cc(OC)c(OC)cc32)cc1. The molecule has 0 bridgehead atoms. The number of methoxy groups -OCH3 is 3. The Morgan fingerprint density at radius 1 is 0.889 bits per heavy atom. The van der Waals surface area contributed by atoms with Crippen molar-refractivity contribution < 1.29 is 23.8 Å². The average molecular weight is 507 g/mol. The maximum absolute atomic E-state index is 13.4. The molecule has 1 heterocycles. The van der Waals surface area contributed by atoms with Gasteiger partial charge < -0.3 is 24.1 Å². The third-order valence-corrected chi connectivity index (χ3v) is 5.88. The monoisotopic (exact) mass is 506 g/mol. The number of aromatic nitrogens is 1. The number of hydrogen-bond donors (Lipinski definition) is 1. The maximum atomic E-state index is 13.4. The van der Waals surface area contributed by atoms with Crippen LogP contribution in [0.25, 0.3) is 10.9 Å². The molecule has 0 spiro atoms. The van der Waals surface area contributed by atoms with Gasteiger partial charge in [-0.15, -0.1) is 0 Å². The molecule has 0 aliphatic rings. The standard InChI is InChI=1S/C27H23ClN2O6/c1-34-19-10-8-18(9-11-19)29-25(31)15-30-14-21(26(32)16-4-6-17(28)7-5-16)27(33)20-12-23(35-2)24(36-3)13-22(20)30/h4-14H,15H2,1-3H3,(H,29,31). The molecule has 0 atom stereocenters. The normalized spacial score (nSPS) is 10.7. The van der Waals surface area contributed by atoms with E-state index < -0.39 is 11.2 Å². The summed E-state index contributed by atoms with van der Waals surface area (Å²) in [5.74, 6) is 0.520. The van der Waals surface area contributed by atoms with E-state index in [1.807, 2.05) is 0 Å². The van der Waals surface area contributed by atoms with Crippen LogP contribution >= 0.6 is 11.6 Å². The highest BCUT2D eigenvalue weighted by molar-refractivity contribution is 6.30. The molecule has 1 amide bonds. The predicted molar refractivity (Wildman–Crippen MR) is 138 cm³/mol. The number of anilines is 1. The molecule has 36 heavy (non-hydrogen) atoms. The lowest BCUT2D eigenvalue weighted by Crippen LogP contribution is -2.24. The van der Waals surface area contributed by atoms with E-state index in [2.05, 4.69) is 5.32 Å². The van der Waals surface area contributed by atoms with Crippen LogP contribution in [0.5, 0.6) is 17.2 Å². The van der Waals surface area contributed by atoms with Crippen molar-refractivity contribution in [2.75, 3.05) is 26.6 Å². The van der Waals surface area contributed by atoms with Crippen molar-refractivity contribution in [3.8, 4) is 17.2 Å². The van der Waals surface area contributed by atoms with Crippen molar-refractivity contribution in [1.29, 1.82) is 0 Å². The Morgan fingerprint density at radius 2 is 1.53 bits per heavy atom. The number of hydrogen-bond acceptors (Lipinski definition) is 6. The average Bonchev–Trinajstić information content (AvgIpc) is 2.90. The van der Waals surface area contributed by atoms with Crippen LogP contribution in [0.1, 0.15) is 15.9 Å². The summed E-state index contributed by atoms with van der Waals surface area (Å²) in [6, 6.07) is 16.2. The molecule has 4 rings (SSSR count). The number of fused-ring (bicyclic) bond motifs is 1. The van der Waals surface area contributed by atoms with E-state index in [-0.39, 0.29) is 23.4 Å². The van der Waals surface area contributed by atoms with Crippen LogP contribution in [-0.4, -0.2) is 37.6 Å². The van der Waals surface area contributed by atoms with Crippen LogP contribution in [0.15, 0.2) is 71.7 Å². The van der Waals surface area contributed by atoms with Crippen LogP contribution < -0.4 is 25.0 Å². The van der Waals surface area contributed by atoms with Gasteiger partial charge in [0.15, 0.2) is 17.3 Å². The Morgan fingerprint density at radius 3 is 2.14 bits per heavy atom. The molecule has 0 aliphatic heterocycles. The third-order valence-electron chi connectivity index (χ3n) is 5.62. The zero-order chi connectivity index (χ0) is 25.8. The van der Waals surface area contributed by atoms with E-state index in [4.69, 9.17) is 25.8 Å². The maximum Gasteiger partial charge on any atom is 0.244 e. The second-order valence-electron chi connectivity index (χ2n) is 7.84. The highest BCUT2D eigenvalue weighted by Gasteiger charge is 2.20. The van der Waals surface area contributed by atoms with E-state index in [9.17, 15) is 14.4 Å². The van der Waals surface area contributed by atoms with Gasteiger partial charge in [-0.1, -0.05) is 11.6 Å². The number of pyridine rings is 1. The van der Waals surface area contributed by atoms with Crippen molar-refractivity contribution in [3.05, 3.63) is 93.2 Å². The Bertz CT molecular complexity index is 1490. The van der Waals surface area contributed by atoms with E-state index >= 15 is 0 Å². The number of nitrogens with zero attached hydrogens (tertiary/aromatic N) is 1. The van der Waals surface area contributed by atoms with Crippen molar-refractivity contribution in [1.82, 2.24) is 4.57 Å². The fraction of sp³-hybridized carbons (Fsp3) is 0.148. The van der Waals surface area contributed by atoms with E-state index in [0.717, 1.165) is 0 Å². The highest BCUT2D eigenvalue weighted by Crippen LogP contribution is 2.31. The molecule has 0 radical (unpaired) electrons. The van der Waals surface area contributed by atoms with Crippen LogP contribution in [0.3, 0.4) is 0 Å². The van der Waals surface area contributed by atoms with E-state index in [1.54, 1.807) is 66.3 Å². The van der Waals surface area contributed by atoms with Crippen molar-refractivity contribution >= 4 is 39.9 Å². The fourth-order valence-electron chi connectivity index (χ4n) is 3.80. The Balaban J connectivity index is 1.80. The summed E-state index contributed by atoms with van der Waals surface area (Å²) in [6.45, 7) is -0.167. The number of amides is 1. The van der Waals surface area contributed by atoms with Crippen molar-refractivity contribution in [2.45, 2.75) is 6.54 Å². The van der Waals surface area contributed by atoms with Gasteiger partial charge in [-0.05, 0) is 54.6 Å². The summed E-state index contributed by atoms with van der Waals surface area (Å²) >= 11 is 5.95. The Labute approximate surface area is 212 Å². The number of benzene rings is 3. The number of ether oxygens (including phenoxy) is 3. The zero-order valence-electron chi connectivity index (χ0n) is 19.8. The first kappa shape index (κ1) is 24.8. The van der Waals surface area contributed by atoms with Crippen LogP contribution in [0, 0.1) is 0 Å². The number of ketones is 1. The number of carbonyl (C=O) groups is 2. The molecule has 0 aliphatic carbocycles. The predicted octanol–water partition coefficient (Wildman–Crippen LogP) is 4.55. The molecule has 0 saturated carbocycles. The number of nitrogens with one attached hydrogen (secondary N) is 1. The molecule has 0 fully saturated rings. The van der Waals surface area contributed by atoms with Crippen molar-refractivity contribution in [2.24, 2.45) is 0 Å². The van der Waals surface area contributed by atoms with Gasteiger partial charge in [0.05, 0.1) is 37.8 Å². The van der Waals surface area contributed by atoms with Crippen LogP contribution in [0.2, 0.25) is 5.02 Å². The summed E-state index contributed by atoms with van der Waals surface area (Å²) < 4.78 is 17.4. The summed E-state index contributed by atoms with van der Waals surface area (Å²) in [4.78, 5) is 39.6. The van der Waals surface area contributed by atoms with E-state index in [1.165, 1.54) is 26.5 Å². The second kappa shape index (κ2) is 10.5. The molecule has 0 saturated heterocycles. The fourth-order valence-corrected chi connectivity index (χ4v) is 3.92. The molecule has 4 aromatic rings. The third kappa shape index (κ3) is 5.04. The first-order valence-electron chi connectivity index (χ1n) is 10.9. The molecule has 9 heteroatoms. The van der Waals surface area contributed by atoms with Crippen LogP contribution in [-0.2, 0) is 11.3 Å². The topological polar surface area (TPSA) is 95.9 Å². The van der Waals surface area contributed by atoms with Gasteiger partial charge >= 0.3 is 0 Å². The quantitative estimate of drug-likeness (QED) is 0.352. The lowest BCUT2D eigenvalue weighted by Gasteiger charge is -2.16. The molecule has 8 nitrogen and oxygen atoms in total. The number of rotatable bonds is 8. The molecule has 1 aromatic heterocycles. The summed E-state index contributed by atoms with van der Waals surface area (Å²) in [5.41, 5.74) is 0.704. The largest absolute Gasteiger partial charge is 0.497 e. The minimum atomic E-state index is -0.488. The van der Waals surface area contributed by atoms with Gasteiger partial charge in [-0.25, -0.2) is 0 Å². The molecule has 1 N–H and O–H groups in total. The van der Waals surface area contributed by atoms with Gasteiger partial charge in [0.2, 0.25) is 11.3 Å². The summed E-state index contributed by atoms with van der Waals surface area (Å²) in [7, 11) is 4.48. The Hall–Kier alpha value is -4.30. The molecular formula is C27H23ClN2O6. The van der Waals surface area contributed by atoms with Crippen molar-refractivity contribution in [3.63, 3.8) is 0 Å². The zero-order valence-corrected chi connectivity index (χ0v) is 20.6. The first-order chi connectivity index (χ1) is 17.3. The lowest BCUT2D eigenvalue weighted by atomic mass is 10.0. The van der Waals surface area contributed by atoms with Gasteiger partial charge in [0.1, 0.15) is 12.3 Å². The first-order valence-corrected chi connectivity index (χ1v) is 11.3. The summed E-state index contributed by atoms with van der Waals surface area (Å²) in [6.07, 6.45) is 1.39.